The summed E-state index contributed by atoms with van der Waals surface area (Å²) in [6.45, 7) is 0. The zero-order valence-corrected chi connectivity index (χ0v) is 12.2. The first-order valence-electron chi connectivity index (χ1n) is 5.75. The highest BCUT2D eigenvalue weighted by Crippen LogP contribution is 2.26. The average molecular weight is 329 g/mol. The minimum absolute atomic E-state index is 0.00289. The molecule has 5 nitrogen and oxygen atoms in total. The van der Waals surface area contributed by atoms with Crippen molar-refractivity contribution in [2.75, 3.05) is 5.73 Å². The molecule has 21 heavy (non-hydrogen) atoms. The van der Waals surface area contributed by atoms with E-state index in [0.29, 0.717) is 9.92 Å². The second kappa shape index (κ2) is 6.19. The second-order valence-corrected chi connectivity index (χ2v) is 6.04. The Bertz CT molecular complexity index is 739. The molecule has 110 valence electrons. The topological polar surface area (TPSA) is 86.2 Å². The molecule has 2 N–H and O–H groups in total. The maximum Gasteiger partial charge on any atom is 0.305 e. The number of nitro benzene ring substituents is 1. The highest BCUT2D eigenvalue weighted by Gasteiger charge is 2.19. The molecule has 0 radical (unpaired) electrons. The zero-order chi connectivity index (χ0) is 15.6. The Balaban J connectivity index is 2.32. The Hall–Kier alpha value is -1.99. The number of rotatable bonds is 4. The van der Waals surface area contributed by atoms with Crippen molar-refractivity contribution in [1.82, 2.24) is 0 Å². The maximum absolute atomic E-state index is 13.9. The Labute approximate surface area is 127 Å². The molecule has 2 aromatic rings. The molecule has 0 aliphatic heterocycles. The fraction of sp³-hybridized carbons (Fsp3) is 0.0769. The first-order valence-corrected chi connectivity index (χ1v) is 7.45. The molecular formula is C13H10ClFN2O3S. The van der Waals surface area contributed by atoms with Gasteiger partial charge in [-0.3, -0.25) is 14.3 Å². The van der Waals surface area contributed by atoms with Gasteiger partial charge in [0, 0.05) is 22.3 Å². The lowest BCUT2D eigenvalue weighted by atomic mass is 10.2. The Morgan fingerprint density at radius 3 is 2.67 bits per heavy atom. The second-order valence-electron chi connectivity index (χ2n) is 4.18. The van der Waals surface area contributed by atoms with Gasteiger partial charge in [0.1, 0.15) is 0 Å². The van der Waals surface area contributed by atoms with Crippen molar-refractivity contribution in [3.63, 3.8) is 0 Å². The minimum atomic E-state index is -1.63. The summed E-state index contributed by atoms with van der Waals surface area (Å²) < 4.78 is 26.2. The van der Waals surface area contributed by atoms with E-state index in [1.165, 1.54) is 30.3 Å². The van der Waals surface area contributed by atoms with Crippen LogP contribution in [0.25, 0.3) is 0 Å². The summed E-state index contributed by atoms with van der Waals surface area (Å²) in [6, 6.07) is 8.21. The fourth-order valence-corrected chi connectivity index (χ4v) is 3.15. The molecule has 0 amide bonds. The molecular weight excluding hydrogens is 319 g/mol. The van der Waals surface area contributed by atoms with Gasteiger partial charge >= 0.3 is 5.69 Å². The van der Waals surface area contributed by atoms with E-state index >= 15 is 0 Å². The smallest absolute Gasteiger partial charge is 0.305 e. The Kier molecular flexibility index (Phi) is 4.54. The van der Waals surface area contributed by atoms with E-state index < -0.39 is 27.2 Å². The molecule has 2 aromatic carbocycles. The molecule has 0 aliphatic rings. The molecule has 0 aromatic heterocycles. The van der Waals surface area contributed by atoms with Crippen LogP contribution >= 0.6 is 11.6 Å². The third-order valence-corrected chi connectivity index (χ3v) is 4.43. The first kappa shape index (κ1) is 15.4. The summed E-state index contributed by atoms with van der Waals surface area (Å²) in [5.41, 5.74) is 5.29. The van der Waals surface area contributed by atoms with Gasteiger partial charge in [0.15, 0.2) is 0 Å². The van der Waals surface area contributed by atoms with Crippen molar-refractivity contribution >= 4 is 33.8 Å². The van der Waals surface area contributed by atoms with E-state index in [-0.39, 0.29) is 17.0 Å². The van der Waals surface area contributed by atoms with E-state index in [0.717, 1.165) is 6.07 Å². The minimum Gasteiger partial charge on any atom is -0.398 e. The van der Waals surface area contributed by atoms with Crippen LogP contribution in [-0.4, -0.2) is 9.13 Å². The highest BCUT2D eigenvalue weighted by atomic mass is 35.5. The zero-order valence-electron chi connectivity index (χ0n) is 10.6. The number of hydrogen-bond acceptors (Lipinski definition) is 4. The number of hydrogen-bond donors (Lipinski definition) is 1. The third kappa shape index (κ3) is 3.37. The molecule has 0 bridgehead atoms. The molecule has 1 atom stereocenters. The van der Waals surface area contributed by atoms with Crippen LogP contribution in [0.4, 0.5) is 15.8 Å². The van der Waals surface area contributed by atoms with Crippen molar-refractivity contribution in [3.05, 3.63) is 62.9 Å². The van der Waals surface area contributed by atoms with Crippen molar-refractivity contribution < 1.29 is 13.5 Å². The van der Waals surface area contributed by atoms with Crippen molar-refractivity contribution in [2.45, 2.75) is 10.6 Å². The summed E-state index contributed by atoms with van der Waals surface area (Å²) in [5, 5.41) is 11.1. The standard InChI is InChI=1S/C13H10ClFN2O3S/c14-9-4-5-12(10(16)6-9)21(20)7-8-2-1-3-11(13(8)15)17(18)19/h1-6H,7,16H2. The van der Waals surface area contributed by atoms with Crippen LogP contribution in [0.15, 0.2) is 41.3 Å². The number of nitrogens with zero attached hydrogens (tertiary/aromatic N) is 1. The van der Waals surface area contributed by atoms with Gasteiger partial charge in [0.2, 0.25) is 5.82 Å². The van der Waals surface area contributed by atoms with Gasteiger partial charge in [0.25, 0.3) is 0 Å². The van der Waals surface area contributed by atoms with Crippen molar-refractivity contribution in [3.8, 4) is 0 Å². The summed E-state index contributed by atoms with van der Waals surface area (Å²) in [7, 11) is -1.63. The summed E-state index contributed by atoms with van der Waals surface area (Å²) in [5.74, 6) is -1.19. The summed E-state index contributed by atoms with van der Waals surface area (Å²) in [6.07, 6.45) is 0. The molecule has 0 saturated carbocycles. The van der Waals surface area contributed by atoms with E-state index in [2.05, 4.69) is 0 Å². The molecule has 8 heteroatoms. The number of nitro groups is 1. The molecule has 0 fully saturated rings. The molecule has 1 unspecified atom stereocenters. The van der Waals surface area contributed by atoms with E-state index in [1.807, 2.05) is 0 Å². The number of anilines is 1. The molecule has 2 rings (SSSR count). The van der Waals surface area contributed by atoms with Crippen molar-refractivity contribution in [2.24, 2.45) is 0 Å². The van der Waals surface area contributed by atoms with Gasteiger partial charge in [-0.05, 0) is 18.2 Å². The Morgan fingerprint density at radius 2 is 2.05 bits per heavy atom. The lowest BCUT2D eigenvalue weighted by Gasteiger charge is -2.07. The normalized spacial score (nSPS) is 12.1. The van der Waals surface area contributed by atoms with E-state index in [4.69, 9.17) is 17.3 Å². The number of halogens is 2. The molecule has 0 saturated heterocycles. The number of nitrogens with two attached hydrogens (primary N) is 1. The Morgan fingerprint density at radius 1 is 1.33 bits per heavy atom. The van der Waals surface area contributed by atoms with Crippen LogP contribution in [0.5, 0.6) is 0 Å². The van der Waals surface area contributed by atoms with Gasteiger partial charge in [0.05, 0.1) is 26.4 Å². The van der Waals surface area contributed by atoms with Gasteiger partial charge in [-0.25, -0.2) is 0 Å². The van der Waals surface area contributed by atoms with Crippen LogP contribution in [-0.2, 0) is 16.6 Å². The predicted molar refractivity (Wildman–Crippen MR) is 79.0 cm³/mol. The van der Waals surface area contributed by atoms with Crippen LogP contribution in [0.1, 0.15) is 5.56 Å². The van der Waals surface area contributed by atoms with Gasteiger partial charge < -0.3 is 5.73 Å². The van der Waals surface area contributed by atoms with Crippen LogP contribution in [0, 0.1) is 15.9 Å². The maximum atomic E-state index is 13.9. The average Bonchev–Trinajstić information content (AvgIpc) is 2.40. The monoisotopic (exact) mass is 328 g/mol. The van der Waals surface area contributed by atoms with Gasteiger partial charge in [-0.2, -0.15) is 4.39 Å². The summed E-state index contributed by atoms with van der Waals surface area (Å²) in [4.78, 5) is 10.2. The van der Waals surface area contributed by atoms with Crippen molar-refractivity contribution in [1.29, 1.82) is 0 Å². The van der Waals surface area contributed by atoms with Crippen LogP contribution in [0.2, 0.25) is 5.02 Å². The first-order chi connectivity index (χ1) is 9.90. The van der Waals surface area contributed by atoms with E-state index in [9.17, 15) is 18.7 Å². The van der Waals surface area contributed by atoms with E-state index in [1.54, 1.807) is 0 Å². The molecule has 0 aliphatic carbocycles. The largest absolute Gasteiger partial charge is 0.398 e. The van der Waals surface area contributed by atoms with Gasteiger partial charge in [-0.15, -0.1) is 0 Å². The number of benzene rings is 2. The third-order valence-electron chi connectivity index (χ3n) is 2.76. The molecule has 0 spiro atoms. The number of nitrogen functional groups attached to an aromatic ring is 1. The quantitative estimate of drug-likeness (QED) is 0.530. The fourth-order valence-electron chi connectivity index (χ4n) is 1.76. The van der Waals surface area contributed by atoms with Crippen LogP contribution in [0.3, 0.4) is 0 Å². The SMILES string of the molecule is Nc1cc(Cl)ccc1S(=O)Cc1cccc([N+](=O)[O-])c1F. The van der Waals surface area contributed by atoms with Crippen LogP contribution < -0.4 is 5.73 Å². The molecule has 0 heterocycles. The van der Waals surface area contributed by atoms with Gasteiger partial charge in [-0.1, -0.05) is 23.7 Å². The summed E-state index contributed by atoms with van der Waals surface area (Å²) >= 11 is 5.75. The lowest BCUT2D eigenvalue weighted by Crippen LogP contribution is -2.04. The highest BCUT2D eigenvalue weighted by molar-refractivity contribution is 7.84. The lowest BCUT2D eigenvalue weighted by molar-refractivity contribution is -0.387. The predicted octanol–water partition coefficient (Wildman–Crippen LogP) is 3.28.